The highest BCUT2D eigenvalue weighted by Gasteiger charge is 2.52. The van der Waals surface area contributed by atoms with Crippen LogP contribution in [-0.2, 0) is 15.5 Å². The van der Waals surface area contributed by atoms with Crippen molar-refractivity contribution in [3.05, 3.63) is 17.8 Å². The van der Waals surface area contributed by atoms with Gasteiger partial charge in [0, 0.05) is 24.7 Å². The molecule has 0 amide bonds. The van der Waals surface area contributed by atoms with Crippen molar-refractivity contribution >= 4 is 18.4 Å². The maximum Gasteiger partial charge on any atom is 0.496 e. The Kier molecular flexibility index (Phi) is 5.49. The SMILES string of the molecule is CC1(C)OB(c2cnc(NCCN3CCCC3)c(C(F)(F)F)c2)OC1(C)C. The average Bonchev–Trinajstić information content (AvgIpc) is 3.13. The number of nitrogens with one attached hydrogen (secondary N) is 1. The van der Waals surface area contributed by atoms with Crippen LogP contribution in [0.5, 0.6) is 0 Å². The number of halogens is 3. The van der Waals surface area contributed by atoms with Crippen molar-refractivity contribution in [1.29, 1.82) is 0 Å². The smallest absolute Gasteiger partial charge is 0.399 e. The summed E-state index contributed by atoms with van der Waals surface area (Å²) in [6, 6.07) is 1.08. The van der Waals surface area contributed by atoms with E-state index in [1.807, 2.05) is 27.7 Å². The van der Waals surface area contributed by atoms with Crippen LogP contribution >= 0.6 is 0 Å². The quantitative estimate of drug-likeness (QED) is 0.790. The second-order valence-electron chi connectivity index (χ2n) is 8.23. The first-order valence-electron chi connectivity index (χ1n) is 9.39. The molecule has 2 fully saturated rings. The van der Waals surface area contributed by atoms with Gasteiger partial charge in [0.15, 0.2) is 0 Å². The number of likely N-dealkylation sites (tertiary alicyclic amines) is 1. The van der Waals surface area contributed by atoms with Gasteiger partial charge in [0.25, 0.3) is 0 Å². The van der Waals surface area contributed by atoms with E-state index in [1.54, 1.807) is 0 Å². The van der Waals surface area contributed by atoms with Crippen molar-refractivity contribution in [2.75, 3.05) is 31.5 Å². The summed E-state index contributed by atoms with van der Waals surface area (Å²) >= 11 is 0. The number of aromatic nitrogens is 1. The molecule has 0 aromatic carbocycles. The predicted molar refractivity (Wildman–Crippen MR) is 99.1 cm³/mol. The molecule has 0 aliphatic carbocycles. The van der Waals surface area contributed by atoms with Gasteiger partial charge in [0.1, 0.15) is 5.82 Å². The molecule has 0 bridgehead atoms. The van der Waals surface area contributed by atoms with Crippen LogP contribution in [0.25, 0.3) is 0 Å². The molecule has 5 nitrogen and oxygen atoms in total. The lowest BCUT2D eigenvalue weighted by molar-refractivity contribution is -0.137. The number of alkyl halides is 3. The molecule has 0 atom stereocenters. The Morgan fingerprint density at radius 2 is 1.74 bits per heavy atom. The molecule has 3 heterocycles. The largest absolute Gasteiger partial charge is 0.496 e. The van der Waals surface area contributed by atoms with Gasteiger partial charge in [-0.25, -0.2) is 4.98 Å². The van der Waals surface area contributed by atoms with Crippen molar-refractivity contribution in [1.82, 2.24) is 9.88 Å². The number of hydrogen-bond donors (Lipinski definition) is 1. The minimum atomic E-state index is -4.51. The minimum absolute atomic E-state index is 0.151. The van der Waals surface area contributed by atoms with Gasteiger partial charge in [-0.3, -0.25) is 0 Å². The lowest BCUT2D eigenvalue weighted by atomic mass is 9.79. The summed E-state index contributed by atoms with van der Waals surface area (Å²) in [6.07, 6.45) is -0.818. The molecule has 1 N–H and O–H groups in total. The third-order valence-electron chi connectivity index (χ3n) is 5.66. The first kappa shape index (κ1) is 20.4. The van der Waals surface area contributed by atoms with E-state index in [0.29, 0.717) is 13.1 Å². The summed E-state index contributed by atoms with van der Waals surface area (Å²) in [5, 5.41) is 2.84. The topological polar surface area (TPSA) is 46.6 Å². The zero-order chi connectivity index (χ0) is 19.9. The molecule has 0 unspecified atom stereocenters. The zero-order valence-corrected chi connectivity index (χ0v) is 16.3. The summed E-state index contributed by atoms with van der Waals surface area (Å²) in [6.45, 7) is 10.6. The lowest BCUT2D eigenvalue weighted by Gasteiger charge is -2.32. The van der Waals surface area contributed by atoms with Crippen molar-refractivity contribution in [3.63, 3.8) is 0 Å². The third-order valence-corrected chi connectivity index (χ3v) is 5.66. The van der Waals surface area contributed by atoms with E-state index in [0.717, 1.165) is 32.0 Å². The van der Waals surface area contributed by atoms with Gasteiger partial charge in [0.05, 0.1) is 16.8 Å². The van der Waals surface area contributed by atoms with Crippen LogP contribution < -0.4 is 10.8 Å². The summed E-state index contributed by atoms with van der Waals surface area (Å²) in [5.74, 6) is -0.151. The molecular weight excluding hydrogens is 358 g/mol. The summed E-state index contributed by atoms with van der Waals surface area (Å²) in [5.41, 5.74) is -1.77. The van der Waals surface area contributed by atoms with Gasteiger partial charge in [-0.05, 0) is 59.7 Å². The molecule has 9 heteroatoms. The van der Waals surface area contributed by atoms with E-state index < -0.39 is 30.1 Å². The van der Waals surface area contributed by atoms with E-state index in [2.05, 4.69) is 15.2 Å². The van der Waals surface area contributed by atoms with Crippen LogP contribution in [-0.4, -0.2) is 54.4 Å². The Hall–Kier alpha value is -1.32. The Labute approximate surface area is 158 Å². The van der Waals surface area contributed by atoms with Crippen molar-refractivity contribution in [2.24, 2.45) is 0 Å². The maximum absolute atomic E-state index is 13.6. The highest BCUT2D eigenvalue weighted by molar-refractivity contribution is 6.62. The molecule has 0 spiro atoms. The summed E-state index contributed by atoms with van der Waals surface area (Å²) in [7, 11) is -0.873. The maximum atomic E-state index is 13.6. The number of pyridine rings is 1. The van der Waals surface area contributed by atoms with Crippen LogP contribution in [0.3, 0.4) is 0 Å². The Bertz CT molecular complexity index is 660. The number of hydrogen-bond acceptors (Lipinski definition) is 5. The Morgan fingerprint density at radius 3 is 2.30 bits per heavy atom. The van der Waals surface area contributed by atoms with E-state index in [1.165, 1.54) is 6.20 Å². The van der Waals surface area contributed by atoms with Crippen LogP contribution in [0.4, 0.5) is 19.0 Å². The molecule has 150 valence electrons. The van der Waals surface area contributed by atoms with Gasteiger partial charge in [-0.2, -0.15) is 13.2 Å². The Balaban J connectivity index is 1.76. The monoisotopic (exact) mass is 385 g/mol. The zero-order valence-electron chi connectivity index (χ0n) is 16.3. The van der Waals surface area contributed by atoms with Gasteiger partial charge in [-0.15, -0.1) is 0 Å². The van der Waals surface area contributed by atoms with E-state index in [4.69, 9.17) is 9.31 Å². The van der Waals surface area contributed by atoms with Crippen LogP contribution in [0.1, 0.15) is 46.1 Å². The molecule has 1 aromatic heterocycles. The fourth-order valence-electron chi connectivity index (χ4n) is 3.28. The average molecular weight is 385 g/mol. The van der Waals surface area contributed by atoms with Crippen LogP contribution in [0.15, 0.2) is 12.3 Å². The molecule has 2 aliphatic heterocycles. The van der Waals surface area contributed by atoms with E-state index >= 15 is 0 Å². The van der Waals surface area contributed by atoms with Gasteiger partial charge < -0.3 is 19.5 Å². The molecule has 0 radical (unpaired) electrons. The molecule has 0 saturated carbocycles. The van der Waals surface area contributed by atoms with Gasteiger partial charge in [-0.1, -0.05) is 0 Å². The van der Waals surface area contributed by atoms with E-state index in [9.17, 15) is 13.2 Å². The lowest BCUT2D eigenvalue weighted by Crippen LogP contribution is -2.41. The third kappa shape index (κ3) is 4.41. The standard InChI is InChI=1S/C18H27BF3N3O2/c1-16(2)17(3,4)27-19(26-16)13-11-14(18(20,21)22)15(24-12-13)23-7-10-25-8-5-6-9-25/h11-12H,5-10H2,1-4H3,(H,23,24). The molecule has 2 aliphatic rings. The molecule has 2 saturated heterocycles. The fraction of sp³-hybridized carbons (Fsp3) is 0.722. The van der Waals surface area contributed by atoms with Crippen molar-refractivity contribution in [2.45, 2.75) is 57.9 Å². The van der Waals surface area contributed by atoms with Gasteiger partial charge >= 0.3 is 13.3 Å². The summed E-state index contributed by atoms with van der Waals surface area (Å²) in [4.78, 5) is 6.27. The predicted octanol–water partition coefficient (Wildman–Crippen LogP) is 2.91. The minimum Gasteiger partial charge on any atom is -0.399 e. The molecule has 27 heavy (non-hydrogen) atoms. The highest BCUT2D eigenvalue weighted by atomic mass is 19.4. The Morgan fingerprint density at radius 1 is 1.15 bits per heavy atom. The molecule has 1 aromatic rings. The number of rotatable bonds is 5. The first-order valence-corrected chi connectivity index (χ1v) is 9.39. The van der Waals surface area contributed by atoms with Crippen LogP contribution in [0, 0.1) is 0 Å². The van der Waals surface area contributed by atoms with Crippen LogP contribution in [0.2, 0.25) is 0 Å². The fourth-order valence-corrected chi connectivity index (χ4v) is 3.28. The number of nitrogens with zero attached hydrogens (tertiary/aromatic N) is 2. The van der Waals surface area contributed by atoms with Crippen molar-refractivity contribution in [3.8, 4) is 0 Å². The summed E-state index contributed by atoms with van der Waals surface area (Å²) < 4.78 is 52.4. The number of anilines is 1. The van der Waals surface area contributed by atoms with Crippen molar-refractivity contribution < 1.29 is 22.5 Å². The van der Waals surface area contributed by atoms with Gasteiger partial charge in [0.2, 0.25) is 0 Å². The van der Waals surface area contributed by atoms with E-state index in [-0.39, 0.29) is 11.3 Å². The molecule has 3 rings (SSSR count). The normalized spacial score (nSPS) is 22.4. The highest BCUT2D eigenvalue weighted by Crippen LogP contribution is 2.37. The second kappa shape index (κ2) is 7.26. The molecular formula is C18H27BF3N3O2. The first-order chi connectivity index (χ1) is 12.5. The second-order valence-corrected chi connectivity index (χ2v) is 8.23.